The monoisotopic (exact) mass is 514 g/mol. The number of hydrogen-bond donors (Lipinski definition) is 2. The summed E-state index contributed by atoms with van der Waals surface area (Å²) in [5.41, 5.74) is 2.23. The van der Waals surface area contributed by atoms with Gasteiger partial charge in [0.15, 0.2) is 0 Å². The molecule has 1 saturated heterocycles. The van der Waals surface area contributed by atoms with Gasteiger partial charge in [-0.25, -0.2) is 4.79 Å². The van der Waals surface area contributed by atoms with E-state index < -0.39 is 30.4 Å². The first kappa shape index (κ1) is 28.0. The molecule has 0 radical (unpaired) electrons. The lowest BCUT2D eigenvalue weighted by atomic mass is 9.91. The van der Waals surface area contributed by atoms with Gasteiger partial charge in [0.05, 0.1) is 31.0 Å². The zero-order valence-corrected chi connectivity index (χ0v) is 22.0. The van der Waals surface area contributed by atoms with Crippen LogP contribution in [-0.4, -0.2) is 71.6 Å². The zero-order chi connectivity index (χ0) is 26.4. The first-order chi connectivity index (χ1) is 17.8. The lowest BCUT2D eigenvalue weighted by molar-refractivity contribution is -0.149. The normalized spacial score (nSPS) is 40.5. The van der Waals surface area contributed by atoms with E-state index in [2.05, 4.69) is 26.5 Å². The average molecular weight is 515 g/mol. The van der Waals surface area contributed by atoms with Crippen LogP contribution in [0.15, 0.2) is 60.3 Å². The molecule has 2 N–H and O–H groups in total. The third kappa shape index (κ3) is 8.48. The number of carbonyl (C=O) groups excluding carboxylic acids is 1. The van der Waals surface area contributed by atoms with Crippen LogP contribution >= 0.6 is 0 Å². The van der Waals surface area contributed by atoms with Crippen molar-refractivity contribution in [3.05, 3.63) is 60.3 Å². The summed E-state index contributed by atoms with van der Waals surface area (Å²) in [6, 6.07) is 0. The van der Waals surface area contributed by atoms with E-state index in [-0.39, 0.29) is 30.8 Å². The van der Waals surface area contributed by atoms with Crippen LogP contribution in [0.5, 0.6) is 0 Å². The van der Waals surface area contributed by atoms with Crippen molar-refractivity contribution in [2.75, 3.05) is 6.61 Å². The highest BCUT2D eigenvalue weighted by atomic mass is 16.6. The third-order valence-electron chi connectivity index (χ3n) is 7.44. The van der Waals surface area contributed by atoms with E-state index >= 15 is 0 Å². The number of hydrogen-bond acceptors (Lipinski definition) is 7. The summed E-state index contributed by atoms with van der Waals surface area (Å²) in [5, 5.41) is 21.6. The van der Waals surface area contributed by atoms with Crippen molar-refractivity contribution < 1.29 is 34.0 Å². The number of fused-ring (bicyclic) bond motifs is 2. The number of epoxide rings is 1. The molecule has 2 bridgehead atoms. The molecule has 0 amide bonds. The number of aliphatic hydroxyl groups excluding tert-OH is 2. The van der Waals surface area contributed by atoms with Gasteiger partial charge in [-0.2, -0.15) is 0 Å². The molecule has 0 aromatic rings. The Kier molecular flexibility index (Phi) is 9.96. The van der Waals surface area contributed by atoms with E-state index in [9.17, 15) is 15.0 Å². The molecule has 4 aliphatic rings. The van der Waals surface area contributed by atoms with Crippen molar-refractivity contribution in [2.45, 2.75) is 108 Å². The molecular weight excluding hydrogens is 472 g/mol. The number of ether oxygens (including phenoxy) is 4. The van der Waals surface area contributed by atoms with Crippen LogP contribution in [0.4, 0.5) is 0 Å². The van der Waals surface area contributed by atoms with Crippen LogP contribution in [0.25, 0.3) is 0 Å². The average Bonchev–Trinajstić information content (AvgIpc) is 3.63. The Balaban J connectivity index is 1.43. The van der Waals surface area contributed by atoms with Crippen molar-refractivity contribution in [1.29, 1.82) is 0 Å². The van der Waals surface area contributed by atoms with Gasteiger partial charge in [0.2, 0.25) is 0 Å². The van der Waals surface area contributed by atoms with Crippen molar-refractivity contribution in [3.63, 3.8) is 0 Å². The van der Waals surface area contributed by atoms with Gasteiger partial charge in [-0.05, 0) is 51.4 Å². The number of aliphatic hydroxyl groups is 2. The summed E-state index contributed by atoms with van der Waals surface area (Å²) in [7, 11) is 0. The summed E-state index contributed by atoms with van der Waals surface area (Å²) >= 11 is 0. The number of carbonyl (C=O) groups is 1. The van der Waals surface area contributed by atoms with E-state index in [1.807, 2.05) is 12.2 Å². The molecule has 37 heavy (non-hydrogen) atoms. The molecule has 0 saturated carbocycles. The summed E-state index contributed by atoms with van der Waals surface area (Å²) in [5.74, 6) is -0.133. The lowest BCUT2D eigenvalue weighted by Gasteiger charge is -2.28. The van der Waals surface area contributed by atoms with Crippen molar-refractivity contribution >= 4 is 5.97 Å². The highest BCUT2D eigenvalue weighted by Crippen LogP contribution is 2.36. The maximum absolute atomic E-state index is 12.6. The van der Waals surface area contributed by atoms with Gasteiger partial charge < -0.3 is 29.2 Å². The molecule has 4 aliphatic heterocycles. The fourth-order valence-corrected chi connectivity index (χ4v) is 5.51. The Morgan fingerprint density at radius 1 is 1.05 bits per heavy atom. The number of esters is 1. The highest BCUT2D eigenvalue weighted by Gasteiger charge is 2.52. The molecule has 0 aromatic carbocycles. The van der Waals surface area contributed by atoms with Crippen molar-refractivity contribution in [1.82, 2.24) is 0 Å². The highest BCUT2D eigenvalue weighted by molar-refractivity contribution is 5.82. The van der Waals surface area contributed by atoms with Gasteiger partial charge in [-0.3, -0.25) is 0 Å². The molecule has 9 atom stereocenters. The van der Waals surface area contributed by atoms with E-state index in [4.69, 9.17) is 18.9 Å². The standard InChI is InChI=1S/C30H42O7/c1-19-13-14-34-26(18-19)29-30(37-29)28(33)25-11-4-7-22(31)16-20(2)15-21(3)17-24-10-5-8-23(35-24)9-6-12-27(32)36-25/h4-8,12-13,21-26,28-31,33H,2,9-11,14-18H2,1,3H3/b7-4+,12-6-/t21-,22+,23-,24-,25-,26-,28+,29-,30+/m0/s1. The molecule has 0 aromatic heterocycles. The molecule has 0 unspecified atom stereocenters. The fourth-order valence-electron chi connectivity index (χ4n) is 5.51. The molecule has 0 spiro atoms. The largest absolute Gasteiger partial charge is 0.456 e. The molecule has 7 nitrogen and oxygen atoms in total. The topological polar surface area (TPSA) is 97.8 Å². The predicted octanol–water partition coefficient (Wildman–Crippen LogP) is 4.11. The Hall–Kier alpha value is -2.03. The van der Waals surface area contributed by atoms with E-state index in [0.717, 1.165) is 31.3 Å². The van der Waals surface area contributed by atoms with Crippen molar-refractivity contribution in [3.8, 4) is 0 Å². The molecule has 204 valence electrons. The van der Waals surface area contributed by atoms with Crippen LogP contribution in [-0.2, 0) is 23.7 Å². The van der Waals surface area contributed by atoms with E-state index in [1.165, 1.54) is 11.6 Å². The molecule has 4 rings (SSSR count). The van der Waals surface area contributed by atoms with E-state index in [1.54, 1.807) is 18.2 Å². The Bertz CT molecular complexity index is 919. The molecule has 1 fully saturated rings. The van der Waals surface area contributed by atoms with Gasteiger partial charge in [0, 0.05) is 12.5 Å². The second kappa shape index (κ2) is 13.2. The van der Waals surface area contributed by atoms with Crippen LogP contribution in [0, 0.1) is 5.92 Å². The predicted molar refractivity (Wildman–Crippen MR) is 141 cm³/mol. The summed E-state index contributed by atoms with van der Waals surface area (Å²) < 4.78 is 23.5. The molecule has 4 heterocycles. The quantitative estimate of drug-likeness (QED) is 0.332. The molecular formula is C30H42O7. The molecule has 7 heteroatoms. The van der Waals surface area contributed by atoms with Crippen LogP contribution in [0.3, 0.4) is 0 Å². The van der Waals surface area contributed by atoms with Gasteiger partial charge in [-0.1, -0.05) is 61.1 Å². The van der Waals surface area contributed by atoms with Gasteiger partial charge in [-0.15, -0.1) is 0 Å². The molecule has 0 aliphatic carbocycles. The number of rotatable bonds is 3. The first-order valence-electron chi connectivity index (χ1n) is 13.6. The Morgan fingerprint density at radius 3 is 2.68 bits per heavy atom. The fraction of sp³-hybridized carbons (Fsp3) is 0.633. The Labute approximate surface area is 220 Å². The van der Waals surface area contributed by atoms with Crippen molar-refractivity contribution in [2.24, 2.45) is 5.92 Å². The Morgan fingerprint density at radius 2 is 1.86 bits per heavy atom. The minimum Gasteiger partial charge on any atom is -0.456 e. The van der Waals surface area contributed by atoms with Crippen LogP contribution in [0.1, 0.15) is 58.8 Å². The first-order valence-corrected chi connectivity index (χ1v) is 13.6. The minimum atomic E-state index is -1.01. The van der Waals surface area contributed by atoms with E-state index in [0.29, 0.717) is 25.4 Å². The maximum Gasteiger partial charge on any atom is 0.330 e. The SMILES string of the molecule is C=C1C[C@H](C)C[C@@H]2CC=C[C@@H](C/C=C\C(=O)O[C@H]([C@@H](O)[C@H]3O[C@H]3[C@@H]3CC(C)=CCO3)C/C=C/[C@@H](O)C1)O2. The third-order valence-corrected chi connectivity index (χ3v) is 7.44. The van der Waals surface area contributed by atoms with Crippen LogP contribution in [0.2, 0.25) is 0 Å². The zero-order valence-electron chi connectivity index (χ0n) is 22.0. The van der Waals surface area contributed by atoms with Gasteiger partial charge in [0.1, 0.15) is 24.4 Å². The minimum absolute atomic E-state index is 0.0863. The summed E-state index contributed by atoms with van der Waals surface area (Å²) in [6.45, 7) is 8.95. The van der Waals surface area contributed by atoms with Gasteiger partial charge in [0.25, 0.3) is 0 Å². The second-order valence-electron chi connectivity index (χ2n) is 11.0. The lowest BCUT2D eigenvalue weighted by Crippen LogP contribution is -2.38. The summed E-state index contributed by atoms with van der Waals surface area (Å²) in [4.78, 5) is 12.6. The maximum atomic E-state index is 12.6. The second-order valence-corrected chi connectivity index (χ2v) is 11.0. The van der Waals surface area contributed by atoms with Gasteiger partial charge >= 0.3 is 5.97 Å². The number of cyclic esters (lactones) is 1. The smallest absolute Gasteiger partial charge is 0.330 e. The summed E-state index contributed by atoms with van der Waals surface area (Å²) in [6.07, 6.45) is 14.2. The van der Waals surface area contributed by atoms with Crippen LogP contribution < -0.4 is 0 Å².